The first-order valence-corrected chi connectivity index (χ1v) is 5.94. The van der Waals surface area contributed by atoms with Gasteiger partial charge in [-0.1, -0.05) is 29.3 Å². The number of carbonyl (C=O) groups excluding carboxylic acids is 1. The lowest BCUT2D eigenvalue weighted by atomic mass is 10.2. The van der Waals surface area contributed by atoms with Crippen LogP contribution in [0.1, 0.15) is 10.4 Å². The molecule has 1 amide bonds. The Bertz CT molecular complexity index is 599. The van der Waals surface area contributed by atoms with Crippen molar-refractivity contribution in [3.8, 4) is 0 Å². The predicted octanol–water partition coefficient (Wildman–Crippen LogP) is 3.83. The number of halogens is 2. The molecule has 2 aromatic rings. The summed E-state index contributed by atoms with van der Waals surface area (Å²) in [4.78, 5) is 11.9. The quantitative estimate of drug-likeness (QED) is 0.822. The van der Waals surface area contributed by atoms with Crippen LogP contribution in [0.15, 0.2) is 42.5 Å². The van der Waals surface area contributed by atoms with Crippen molar-refractivity contribution in [2.24, 2.45) is 0 Å². The van der Waals surface area contributed by atoms with Crippen molar-refractivity contribution in [3.63, 3.8) is 0 Å². The number of benzene rings is 2. The van der Waals surface area contributed by atoms with Gasteiger partial charge in [0.05, 0.1) is 10.7 Å². The molecular formula is C13H10Cl2N2O. The molecule has 2 rings (SSSR count). The highest BCUT2D eigenvalue weighted by atomic mass is 35.5. The van der Waals surface area contributed by atoms with Crippen molar-refractivity contribution in [1.29, 1.82) is 0 Å². The lowest BCUT2D eigenvalue weighted by molar-refractivity contribution is 0.102. The molecule has 0 aliphatic rings. The third-order valence-corrected chi connectivity index (χ3v) is 2.92. The van der Waals surface area contributed by atoms with E-state index in [1.165, 1.54) is 6.07 Å². The van der Waals surface area contributed by atoms with Gasteiger partial charge in [0.15, 0.2) is 0 Å². The molecule has 0 aromatic heterocycles. The maximum atomic E-state index is 11.9. The predicted molar refractivity (Wildman–Crippen MR) is 75.3 cm³/mol. The number of amides is 1. The van der Waals surface area contributed by atoms with Crippen molar-refractivity contribution in [1.82, 2.24) is 0 Å². The molecule has 0 bridgehead atoms. The second-order valence-corrected chi connectivity index (χ2v) is 4.54. The zero-order valence-corrected chi connectivity index (χ0v) is 10.8. The number of carbonyl (C=O) groups is 1. The van der Waals surface area contributed by atoms with Gasteiger partial charge in [0.25, 0.3) is 5.91 Å². The molecule has 92 valence electrons. The Balaban J connectivity index is 2.19. The smallest absolute Gasteiger partial charge is 0.255 e. The van der Waals surface area contributed by atoms with E-state index in [1.54, 1.807) is 36.4 Å². The zero-order valence-electron chi connectivity index (χ0n) is 9.28. The zero-order chi connectivity index (χ0) is 13.1. The van der Waals surface area contributed by atoms with E-state index in [2.05, 4.69) is 5.32 Å². The van der Waals surface area contributed by atoms with Gasteiger partial charge in [-0.3, -0.25) is 4.79 Å². The largest absolute Gasteiger partial charge is 0.398 e. The molecule has 0 heterocycles. The maximum Gasteiger partial charge on any atom is 0.255 e. The van der Waals surface area contributed by atoms with Gasteiger partial charge in [-0.2, -0.15) is 0 Å². The summed E-state index contributed by atoms with van der Waals surface area (Å²) in [7, 11) is 0. The van der Waals surface area contributed by atoms with Gasteiger partial charge in [-0.15, -0.1) is 0 Å². The second-order valence-electron chi connectivity index (χ2n) is 3.70. The number of nitrogens with two attached hydrogens (primary N) is 1. The first-order valence-electron chi connectivity index (χ1n) is 5.18. The number of nitrogens with one attached hydrogen (secondary N) is 1. The van der Waals surface area contributed by atoms with Crippen LogP contribution in [0.3, 0.4) is 0 Å². The molecule has 0 aliphatic carbocycles. The minimum absolute atomic E-state index is 0.263. The highest BCUT2D eigenvalue weighted by molar-refractivity contribution is 6.33. The lowest BCUT2D eigenvalue weighted by Gasteiger charge is -2.06. The molecule has 0 atom stereocenters. The summed E-state index contributed by atoms with van der Waals surface area (Å²) in [5.74, 6) is -0.263. The Morgan fingerprint density at radius 2 is 1.89 bits per heavy atom. The topological polar surface area (TPSA) is 55.1 Å². The fourth-order valence-corrected chi connectivity index (χ4v) is 1.76. The Morgan fingerprint density at radius 1 is 1.11 bits per heavy atom. The van der Waals surface area contributed by atoms with E-state index in [9.17, 15) is 4.79 Å². The van der Waals surface area contributed by atoms with Crippen molar-refractivity contribution >= 4 is 40.5 Å². The van der Waals surface area contributed by atoms with E-state index in [4.69, 9.17) is 28.9 Å². The van der Waals surface area contributed by atoms with Crippen molar-refractivity contribution in [3.05, 3.63) is 58.1 Å². The molecule has 0 spiro atoms. The highest BCUT2D eigenvalue weighted by Gasteiger charge is 2.08. The number of nitrogen functional groups attached to an aromatic ring is 1. The van der Waals surface area contributed by atoms with E-state index in [-0.39, 0.29) is 5.91 Å². The van der Waals surface area contributed by atoms with Crippen LogP contribution >= 0.6 is 23.2 Å². The van der Waals surface area contributed by atoms with Gasteiger partial charge in [-0.25, -0.2) is 0 Å². The molecule has 0 aliphatic heterocycles. The van der Waals surface area contributed by atoms with Gasteiger partial charge in [0.2, 0.25) is 0 Å². The monoisotopic (exact) mass is 280 g/mol. The van der Waals surface area contributed by atoms with Crippen LogP contribution < -0.4 is 11.1 Å². The third-order valence-electron chi connectivity index (χ3n) is 2.34. The summed E-state index contributed by atoms with van der Waals surface area (Å²) >= 11 is 11.6. The van der Waals surface area contributed by atoms with E-state index in [1.807, 2.05) is 0 Å². The minimum Gasteiger partial charge on any atom is -0.398 e. The molecule has 0 fully saturated rings. The SMILES string of the molecule is Nc1cc(C(=O)Nc2cccc(Cl)c2)ccc1Cl. The Kier molecular flexibility index (Phi) is 3.75. The standard InChI is InChI=1S/C13H10Cl2N2O/c14-9-2-1-3-10(7-9)17-13(18)8-4-5-11(15)12(16)6-8/h1-7H,16H2,(H,17,18). The molecule has 2 aromatic carbocycles. The Hall–Kier alpha value is -1.71. The fraction of sp³-hybridized carbons (Fsp3) is 0. The van der Waals surface area contributed by atoms with Gasteiger partial charge in [-0.05, 0) is 36.4 Å². The van der Waals surface area contributed by atoms with Crippen LogP contribution in [0, 0.1) is 0 Å². The van der Waals surface area contributed by atoms with Crippen LogP contribution in [-0.2, 0) is 0 Å². The minimum atomic E-state index is -0.263. The molecule has 0 saturated heterocycles. The number of anilines is 2. The summed E-state index contributed by atoms with van der Waals surface area (Å²) in [5.41, 5.74) is 7.08. The highest BCUT2D eigenvalue weighted by Crippen LogP contribution is 2.21. The van der Waals surface area contributed by atoms with Crippen molar-refractivity contribution in [2.75, 3.05) is 11.1 Å². The summed E-state index contributed by atoms with van der Waals surface area (Å²) < 4.78 is 0. The number of hydrogen-bond acceptors (Lipinski definition) is 2. The molecule has 3 N–H and O–H groups in total. The van der Waals surface area contributed by atoms with Gasteiger partial charge in [0, 0.05) is 16.3 Å². The molecule has 0 radical (unpaired) electrons. The normalized spacial score (nSPS) is 10.1. The van der Waals surface area contributed by atoms with Crippen LogP contribution in [-0.4, -0.2) is 5.91 Å². The Labute approximate surface area is 115 Å². The van der Waals surface area contributed by atoms with Crippen LogP contribution in [0.5, 0.6) is 0 Å². The average molecular weight is 281 g/mol. The second kappa shape index (κ2) is 5.29. The van der Waals surface area contributed by atoms with E-state index >= 15 is 0 Å². The molecule has 5 heteroatoms. The van der Waals surface area contributed by atoms with Gasteiger partial charge < -0.3 is 11.1 Å². The Morgan fingerprint density at radius 3 is 2.56 bits per heavy atom. The summed E-state index contributed by atoms with van der Waals surface area (Å²) in [6.45, 7) is 0. The molecule has 0 unspecified atom stereocenters. The lowest BCUT2D eigenvalue weighted by Crippen LogP contribution is -2.12. The van der Waals surface area contributed by atoms with Crippen molar-refractivity contribution < 1.29 is 4.79 Å². The first-order chi connectivity index (χ1) is 8.56. The van der Waals surface area contributed by atoms with Crippen LogP contribution in [0.4, 0.5) is 11.4 Å². The van der Waals surface area contributed by atoms with Gasteiger partial charge >= 0.3 is 0 Å². The van der Waals surface area contributed by atoms with E-state index in [0.717, 1.165) is 0 Å². The summed E-state index contributed by atoms with van der Waals surface area (Å²) in [6, 6.07) is 11.6. The molecular weight excluding hydrogens is 271 g/mol. The molecule has 0 saturated carbocycles. The molecule has 3 nitrogen and oxygen atoms in total. The van der Waals surface area contributed by atoms with Crippen molar-refractivity contribution in [2.45, 2.75) is 0 Å². The number of rotatable bonds is 2. The summed E-state index contributed by atoms with van der Waals surface area (Å²) in [6.07, 6.45) is 0. The van der Waals surface area contributed by atoms with Crippen LogP contribution in [0.25, 0.3) is 0 Å². The summed E-state index contributed by atoms with van der Waals surface area (Å²) in [5, 5.41) is 3.71. The average Bonchev–Trinajstić information content (AvgIpc) is 2.32. The number of hydrogen-bond donors (Lipinski definition) is 2. The van der Waals surface area contributed by atoms with E-state index in [0.29, 0.717) is 27.0 Å². The molecule has 18 heavy (non-hydrogen) atoms. The fourth-order valence-electron chi connectivity index (χ4n) is 1.45. The van der Waals surface area contributed by atoms with Crippen LogP contribution in [0.2, 0.25) is 10.0 Å². The van der Waals surface area contributed by atoms with E-state index < -0.39 is 0 Å². The maximum absolute atomic E-state index is 11.9. The first kappa shape index (κ1) is 12.7. The van der Waals surface area contributed by atoms with Gasteiger partial charge in [0.1, 0.15) is 0 Å². The third kappa shape index (κ3) is 2.94.